The second-order valence-corrected chi connectivity index (χ2v) is 7.75. The van der Waals surface area contributed by atoms with Gasteiger partial charge in [0.1, 0.15) is 11.5 Å². The van der Waals surface area contributed by atoms with Gasteiger partial charge in [-0.2, -0.15) is 0 Å². The molecule has 3 rings (SSSR count). The molecular formula is C19H14Br2N2O7. The van der Waals surface area contributed by atoms with Crippen LogP contribution in [0.15, 0.2) is 43.3 Å². The van der Waals surface area contributed by atoms with Crippen molar-refractivity contribution in [1.82, 2.24) is 10.2 Å². The first-order valence-electron chi connectivity index (χ1n) is 8.38. The summed E-state index contributed by atoms with van der Waals surface area (Å²) < 4.78 is 15.9. The Hall–Kier alpha value is -2.92. The average Bonchev–Trinajstić information content (AvgIpc) is 3.25. The lowest BCUT2D eigenvalue weighted by atomic mass is 10.2. The van der Waals surface area contributed by atoms with Crippen LogP contribution < -0.4 is 10.1 Å². The zero-order valence-corrected chi connectivity index (χ0v) is 18.8. The number of halogens is 2. The van der Waals surface area contributed by atoms with E-state index in [-0.39, 0.29) is 23.8 Å². The van der Waals surface area contributed by atoms with Gasteiger partial charge in [-0.15, -0.1) is 0 Å². The molecule has 156 valence electrons. The molecule has 0 unspecified atom stereocenters. The Kier molecular flexibility index (Phi) is 6.42. The second kappa shape index (κ2) is 8.84. The predicted molar refractivity (Wildman–Crippen MR) is 110 cm³/mol. The van der Waals surface area contributed by atoms with Crippen LogP contribution in [0.3, 0.4) is 0 Å². The van der Waals surface area contributed by atoms with E-state index in [1.54, 1.807) is 12.1 Å². The van der Waals surface area contributed by atoms with Crippen molar-refractivity contribution in [2.45, 2.75) is 13.5 Å². The molecule has 9 nitrogen and oxygen atoms in total. The fraction of sp³-hybridized carbons (Fsp3) is 0.158. The minimum absolute atomic E-state index is 0.0297. The number of rotatable bonds is 5. The Balaban J connectivity index is 1.80. The number of ether oxygens (including phenoxy) is 2. The largest absolute Gasteiger partial charge is 0.463 e. The predicted octanol–water partition coefficient (Wildman–Crippen LogP) is 3.61. The van der Waals surface area contributed by atoms with Crippen molar-refractivity contribution in [3.05, 3.63) is 56.0 Å². The molecule has 1 aliphatic rings. The summed E-state index contributed by atoms with van der Waals surface area (Å²) in [5.74, 6) is -1.19. The van der Waals surface area contributed by atoms with Crippen LogP contribution in [0.25, 0.3) is 6.08 Å². The van der Waals surface area contributed by atoms with Gasteiger partial charge in [-0.05, 0) is 67.8 Å². The first-order chi connectivity index (χ1) is 14.2. The van der Waals surface area contributed by atoms with E-state index in [1.807, 2.05) is 0 Å². The van der Waals surface area contributed by atoms with Gasteiger partial charge in [-0.3, -0.25) is 14.5 Å². The maximum Gasteiger partial charge on any atom is 0.373 e. The van der Waals surface area contributed by atoms with E-state index in [0.29, 0.717) is 20.3 Å². The van der Waals surface area contributed by atoms with E-state index < -0.39 is 23.9 Å². The molecule has 0 radical (unpaired) electrons. The zero-order chi connectivity index (χ0) is 22.0. The van der Waals surface area contributed by atoms with Gasteiger partial charge in [-0.1, -0.05) is 0 Å². The highest BCUT2D eigenvalue weighted by Gasteiger charge is 2.34. The number of hydrogen-bond donors (Lipinski definition) is 1. The third-order valence-corrected chi connectivity index (χ3v) is 5.08. The number of nitrogens with zero attached hydrogens (tertiary/aromatic N) is 1. The van der Waals surface area contributed by atoms with Gasteiger partial charge in [0.05, 0.1) is 22.6 Å². The number of carbonyl (C=O) groups is 4. The molecule has 1 saturated heterocycles. The number of benzene rings is 1. The van der Waals surface area contributed by atoms with Crippen LogP contribution in [0.5, 0.6) is 5.75 Å². The average molecular weight is 542 g/mol. The molecule has 1 aromatic carbocycles. The minimum Gasteiger partial charge on any atom is -0.463 e. The summed E-state index contributed by atoms with van der Waals surface area (Å²) in [6.45, 7) is 1.13. The Morgan fingerprint density at radius 2 is 1.87 bits per heavy atom. The van der Waals surface area contributed by atoms with Crippen molar-refractivity contribution >= 4 is 61.8 Å². The van der Waals surface area contributed by atoms with Crippen LogP contribution in [0.1, 0.15) is 28.8 Å². The summed E-state index contributed by atoms with van der Waals surface area (Å²) in [5, 5.41) is 2.50. The van der Waals surface area contributed by atoms with E-state index >= 15 is 0 Å². The summed E-state index contributed by atoms with van der Waals surface area (Å²) in [6.07, 6.45) is 1.48. The molecule has 0 bridgehead atoms. The van der Waals surface area contributed by atoms with E-state index in [4.69, 9.17) is 9.15 Å². The maximum atomic E-state index is 12.7. The number of furan rings is 1. The van der Waals surface area contributed by atoms with E-state index in [2.05, 4.69) is 41.9 Å². The van der Waals surface area contributed by atoms with Gasteiger partial charge >= 0.3 is 18.0 Å². The van der Waals surface area contributed by atoms with Crippen molar-refractivity contribution in [2.75, 3.05) is 7.11 Å². The molecule has 1 aromatic heterocycles. The van der Waals surface area contributed by atoms with Crippen molar-refractivity contribution < 1.29 is 33.1 Å². The molecule has 1 fully saturated rings. The Bertz CT molecular complexity index is 1070. The number of carbonyl (C=O) groups excluding carboxylic acids is 4. The number of imide groups is 1. The number of esters is 2. The molecule has 0 spiro atoms. The summed E-state index contributed by atoms with van der Waals surface area (Å²) in [7, 11) is 1.22. The van der Waals surface area contributed by atoms with Gasteiger partial charge in [0.25, 0.3) is 5.91 Å². The first kappa shape index (κ1) is 21.8. The molecular weight excluding hydrogens is 528 g/mol. The van der Waals surface area contributed by atoms with Crippen molar-refractivity contribution in [2.24, 2.45) is 0 Å². The lowest BCUT2D eigenvalue weighted by Gasteiger charge is -2.09. The highest BCUT2D eigenvalue weighted by atomic mass is 79.9. The Morgan fingerprint density at radius 1 is 1.20 bits per heavy atom. The van der Waals surface area contributed by atoms with Crippen LogP contribution in [0, 0.1) is 0 Å². The molecule has 1 aliphatic heterocycles. The third kappa shape index (κ3) is 4.62. The molecule has 1 N–H and O–H groups in total. The van der Waals surface area contributed by atoms with Crippen molar-refractivity contribution in [3.8, 4) is 5.75 Å². The van der Waals surface area contributed by atoms with Crippen molar-refractivity contribution in [1.29, 1.82) is 0 Å². The standard InChI is InChI=1S/C19H14Br2N2O7/c1-9(24)29-16-12(20)5-10(6-13(16)21)7-14-17(25)23(19(27)22-14)8-11-3-4-15(30-11)18(26)28-2/h3-7H,8H2,1-2H3,(H,22,27)/b14-7-. The van der Waals surface area contributed by atoms with E-state index in [9.17, 15) is 19.2 Å². The monoisotopic (exact) mass is 540 g/mol. The fourth-order valence-corrected chi connectivity index (χ4v) is 4.00. The number of amides is 3. The lowest BCUT2D eigenvalue weighted by Crippen LogP contribution is -2.30. The van der Waals surface area contributed by atoms with Crippen LogP contribution in [-0.4, -0.2) is 35.9 Å². The molecule has 0 saturated carbocycles. The first-order valence-corrected chi connectivity index (χ1v) is 9.97. The van der Waals surface area contributed by atoms with Crippen LogP contribution in [-0.2, 0) is 20.9 Å². The number of urea groups is 1. The second-order valence-electron chi connectivity index (χ2n) is 6.04. The lowest BCUT2D eigenvalue weighted by molar-refractivity contribution is -0.132. The van der Waals surface area contributed by atoms with Gasteiger partial charge in [0.15, 0.2) is 5.75 Å². The third-order valence-electron chi connectivity index (χ3n) is 3.90. The van der Waals surface area contributed by atoms with Gasteiger partial charge in [-0.25, -0.2) is 9.59 Å². The van der Waals surface area contributed by atoms with Crippen LogP contribution in [0.4, 0.5) is 4.79 Å². The quantitative estimate of drug-likeness (QED) is 0.266. The zero-order valence-electron chi connectivity index (χ0n) is 15.7. The minimum atomic E-state index is -0.660. The summed E-state index contributed by atoms with van der Waals surface area (Å²) in [4.78, 5) is 48.5. The number of hydrogen-bond acceptors (Lipinski definition) is 7. The van der Waals surface area contributed by atoms with Crippen molar-refractivity contribution in [3.63, 3.8) is 0 Å². The SMILES string of the molecule is COC(=O)c1ccc(CN2C(=O)N/C(=C\c3cc(Br)c(OC(C)=O)c(Br)c3)C2=O)o1. The van der Waals surface area contributed by atoms with Gasteiger partial charge in [0, 0.05) is 6.92 Å². The molecule has 2 heterocycles. The highest BCUT2D eigenvalue weighted by molar-refractivity contribution is 9.11. The molecule has 0 atom stereocenters. The van der Waals surface area contributed by atoms with Gasteiger partial charge < -0.3 is 19.2 Å². The summed E-state index contributed by atoms with van der Waals surface area (Å²) in [5.41, 5.74) is 0.625. The molecule has 0 aliphatic carbocycles. The topological polar surface area (TPSA) is 115 Å². The highest BCUT2D eigenvalue weighted by Crippen LogP contribution is 2.35. The van der Waals surface area contributed by atoms with Crippen LogP contribution in [0.2, 0.25) is 0 Å². The summed E-state index contributed by atoms with van der Waals surface area (Å²) in [6, 6.07) is 5.52. The number of nitrogens with one attached hydrogen (secondary N) is 1. The van der Waals surface area contributed by atoms with Gasteiger partial charge in [0.2, 0.25) is 5.76 Å². The Morgan fingerprint density at radius 3 is 2.47 bits per heavy atom. The Labute approximate surface area is 187 Å². The van der Waals surface area contributed by atoms with E-state index in [1.165, 1.54) is 32.2 Å². The molecule has 30 heavy (non-hydrogen) atoms. The normalized spacial score (nSPS) is 14.8. The summed E-state index contributed by atoms with van der Waals surface area (Å²) >= 11 is 6.62. The molecule has 11 heteroatoms. The molecule has 3 amide bonds. The molecule has 2 aromatic rings. The smallest absolute Gasteiger partial charge is 0.373 e. The fourth-order valence-electron chi connectivity index (χ4n) is 2.61. The maximum absolute atomic E-state index is 12.7. The van der Waals surface area contributed by atoms with Crippen LogP contribution >= 0.6 is 31.9 Å². The number of methoxy groups -OCH3 is 1. The van der Waals surface area contributed by atoms with E-state index in [0.717, 1.165) is 4.90 Å².